The van der Waals surface area contributed by atoms with E-state index in [-0.39, 0.29) is 24.0 Å². The second-order valence-electron chi connectivity index (χ2n) is 8.83. The van der Waals surface area contributed by atoms with Crippen molar-refractivity contribution in [3.05, 3.63) is 35.9 Å². The second kappa shape index (κ2) is 10.8. The molecule has 156 valence electrons. The smallest absolute Gasteiger partial charge is 0.193 e. The summed E-state index contributed by atoms with van der Waals surface area (Å²) in [5.41, 5.74) is 1.45. The third-order valence-electron chi connectivity index (χ3n) is 6.97. The molecular formula is C23H37IN4. The van der Waals surface area contributed by atoms with Crippen molar-refractivity contribution in [3.8, 4) is 0 Å². The van der Waals surface area contributed by atoms with Gasteiger partial charge in [0.25, 0.3) is 0 Å². The molecule has 0 amide bonds. The molecule has 1 aliphatic carbocycles. The zero-order chi connectivity index (χ0) is 18.5. The molecule has 2 saturated heterocycles. The number of aliphatic imine (C=N–C) groups is 1. The van der Waals surface area contributed by atoms with E-state index in [0.717, 1.165) is 30.3 Å². The van der Waals surface area contributed by atoms with Crippen LogP contribution in [-0.4, -0.2) is 62.1 Å². The van der Waals surface area contributed by atoms with Gasteiger partial charge in [-0.1, -0.05) is 43.2 Å². The predicted octanol–water partition coefficient (Wildman–Crippen LogP) is 3.87. The highest BCUT2D eigenvalue weighted by Crippen LogP contribution is 2.35. The van der Waals surface area contributed by atoms with Gasteiger partial charge in [0.05, 0.1) is 0 Å². The summed E-state index contributed by atoms with van der Waals surface area (Å²) in [6, 6.07) is 10.9. The van der Waals surface area contributed by atoms with E-state index in [4.69, 9.17) is 0 Å². The lowest BCUT2D eigenvalue weighted by atomic mass is 9.82. The molecule has 1 aromatic carbocycles. The number of hydrogen-bond donors (Lipinski definition) is 1. The average molecular weight is 496 g/mol. The first-order chi connectivity index (χ1) is 13.3. The number of rotatable bonds is 5. The van der Waals surface area contributed by atoms with Crippen LogP contribution in [0.4, 0.5) is 0 Å². The summed E-state index contributed by atoms with van der Waals surface area (Å²) < 4.78 is 0. The molecule has 3 unspecified atom stereocenters. The van der Waals surface area contributed by atoms with Gasteiger partial charge in [-0.3, -0.25) is 4.99 Å². The first kappa shape index (κ1) is 21.9. The topological polar surface area (TPSA) is 30.9 Å². The van der Waals surface area contributed by atoms with Crippen molar-refractivity contribution in [2.45, 2.75) is 38.5 Å². The molecule has 28 heavy (non-hydrogen) atoms. The zero-order valence-corrected chi connectivity index (χ0v) is 19.7. The van der Waals surface area contributed by atoms with Gasteiger partial charge >= 0.3 is 0 Å². The number of hydrogen-bond acceptors (Lipinski definition) is 2. The van der Waals surface area contributed by atoms with E-state index in [9.17, 15) is 0 Å². The molecule has 3 atom stereocenters. The van der Waals surface area contributed by atoms with Gasteiger partial charge in [-0.15, -0.1) is 24.0 Å². The molecule has 1 N–H and O–H groups in total. The van der Waals surface area contributed by atoms with E-state index in [2.05, 4.69) is 50.4 Å². The second-order valence-corrected chi connectivity index (χ2v) is 8.83. The molecule has 1 aromatic rings. The summed E-state index contributed by atoms with van der Waals surface area (Å²) in [6.07, 6.45) is 8.20. The number of guanidine groups is 1. The van der Waals surface area contributed by atoms with Gasteiger partial charge in [0.15, 0.2) is 5.96 Å². The molecule has 3 aliphatic rings. The van der Waals surface area contributed by atoms with Crippen molar-refractivity contribution in [2.24, 2.45) is 22.7 Å². The summed E-state index contributed by atoms with van der Waals surface area (Å²) in [5.74, 6) is 3.73. The minimum atomic E-state index is 0. The number of nitrogens with zero attached hydrogens (tertiary/aromatic N) is 3. The van der Waals surface area contributed by atoms with Gasteiger partial charge in [-0.25, -0.2) is 0 Å². The van der Waals surface area contributed by atoms with E-state index < -0.39 is 0 Å². The normalized spacial score (nSPS) is 28.1. The Balaban J connectivity index is 0.00000225. The van der Waals surface area contributed by atoms with Crippen LogP contribution in [0.25, 0.3) is 0 Å². The molecule has 0 radical (unpaired) electrons. The molecule has 2 heterocycles. The maximum atomic E-state index is 4.60. The summed E-state index contributed by atoms with van der Waals surface area (Å²) in [5, 5.41) is 3.71. The quantitative estimate of drug-likeness (QED) is 0.382. The Hall–Kier alpha value is -0.820. The Bertz CT molecular complexity index is 606. The third-order valence-corrected chi connectivity index (χ3v) is 6.97. The van der Waals surface area contributed by atoms with Crippen LogP contribution in [0.2, 0.25) is 0 Å². The molecule has 0 spiro atoms. The van der Waals surface area contributed by atoms with Crippen molar-refractivity contribution in [2.75, 3.05) is 46.3 Å². The molecule has 5 heteroatoms. The van der Waals surface area contributed by atoms with Crippen molar-refractivity contribution in [1.29, 1.82) is 0 Å². The molecule has 2 aliphatic heterocycles. The minimum absolute atomic E-state index is 0. The van der Waals surface area contributed by atoms with Crippen molar-refractivity contribution in [1.82, 2.24) is 15.1 Å². The van der Waals surface area contributed by atoms with Gasteiger partial charge in [0, 0.05) is 39.8 Å². The number of fused-ring (bicyclic) bond motifs is 1. The van der Waals surface area contributed by atoms with Crippen LogP contribution in [0, 0.1) is 17.8 Å². The fraction of sp³-hybridized carbons (Fsp3) is 0.696. The molecule has 0 bridgehead atoms. The number of likely N-dealkylation sites (tertiary alicyclic amines) is 2. The number of nitrogens with one attached hydrogen (secondary N) is 1. The molecule has 3 fully saturated rings. The average Bonchev–Trinajstić information content (AvgIpc) is 3.34. The standard InChI is InChI=1S/C23H36N4.HI/c1-24-23(27-17-21-9-5-6-10-22(21)18-27)25-15-20-12-14-26(16-20)13-11-19-7-3-2-4-8-19;/h2-4,7-8,20-22H,5-6,9-18H2,1H3,(H,24,25);1H. The van der Waals surface area contributed by atoms with Crippen LogP contribution in [0.3, 0.4) is 0 Å². The highest BCUT2D eigenvalue weighted by atomic mass is 127. The Morgan fingerprint density at radius 3 is 2.43 bits per heavy atom. The Morgan fingerprint density at radius 1 is 1.04 bits per heavy atom. The van der Waals surface area contributed by atoms with Crippen molar-refractivity contribution in [3.63, 3.8) is 0 Å². The summed E-state index contributed by atoms with van der Waals surface area (Å²) in [4.78, 5) is 9.76. The molecule has 4 rings (SSSR count). The van der Waals surface area contributed by atoms with E-state index in [1.165, 1.54) is 76.8 Å². The van der Waals surface area contributed by atoms with Gasteiger partial charge < -0.3 is 15.1 Å². The third kappa shape index (κ3) is 5.62. The van der Waals surface area contributed by atoms with Crippen LogP contribution in [0.1, 0.15) is 37.7 Å². The van der Waals surface area contributed by atoms with Gasteiger partial charge in [0.2, 0.25) is 0 Å². The highest BCUT2D eigenvalue weighted by Gasteiger charge is 2.35. The van der Waals surface area contributed by atoms with Crippen LogP contribution in [0.15, 0.2) is 35.3 Å². The Morgan fingerprint density at radius 2 is 1.75 bits per heavy atom. The van der Waals surface area contributed by atoms with Crippen molar-refractivity contribution >= 4 is 29.9 Å². The Kier molecular flexibility index (Phi) is 8.45. The summed E-state index contributed by atoms with van der Waals surface area (Å²) >= 11 is 0. The highest BCUT2D eigenvalue weighted by molar-refractivity contribution is 14.0. The van der Waals surface area contributed by atoms with Crippen molar-refractivity contribution < 1.29 is 0 Å². The van der Waals surface area contributed by atoms with Gasteiger partial charge in [0.1, 0.15) is 0 Å². The molecule has 0 aromatic heterocycles. The molecule has 1 saturated carbocycles. The lowest BCUT2D eigenvalue weighted by molar-refractivity contribution is 0.299. The number of benzene rings is 1. The number of halogens is 1. The van der Waals surface area contributed by atoms with Crippen LogP contribution < -0.4 is 5.32 Å². The lowest BCUT2D eigenvalue weighted by Crippen LogP contribution is -2.42. The monoisotopic (exact) mass is 496 g/mol. The first-order valence-corrected chi connectivity index (χ1v) is 11.0. The first-order valence-electron chi connectivity index (χ1n) is 11.0. The summed E-state index contributed by atoms with van der Waals surface area (Å²) in [7, 11) is 1.95. The minimum Gasteiger partial charge on any atom is -0.356 e. The maximum absolute atomic E-state index is 4.60. The zero-order valence-electron chi connectivity index (χ0n) is 17.4. The van der Waals surface area contributed by atoms with Crippen LogP contribution in [-0.2, 0) is 6.42 Å². The Labute approximate surface area is 188 Å². The van der Waals surface area contributed by atoms with E-state index in [0.29, 0.717) is 0 Å². The molecule has 4 nitrogen and oxygen atoms in total. The van der Waals surface area contributed by atoms with Crippen LogP contribution >= 0.6 is 24.0 Å². The summed E-state index contributed by atoms with van der Waals surface area (Å²) in [6.45, 7) is 7.16. The van der Waals surface area contributed by atoms with E-state index >= 15 is 0 Å². The SMILES string of the molecule is CN=C(NCC1CCN(CCc2ccccc2)C1)N1CC2CCCCC2C1.I. The molecular weight excluding hydrogens is 459 g/mol. The largest absolute Gasteiger partial charge is 0.356 e. The van der Waals surface area contributed by atoms with Gasteiger partial charge in [-0.05, 0) is 55.5 Å². The van der Waals surface area contributed by atoms with Crippen LogP contribution in [0.5, 0.6) is 0 Å². The predicted molar refractivity (Wildman–Crippen MR) is 128 cm³/mol. The van der Waals surface area contributed by atoms with E-state index in [1.54, 1.807) is 0 Å². The van der Waals surface area contributed by atoms with E-state index in [1.807, 2.05) is 7.05 Å². The fourth-order valence-electron chi connectivity index (χ4n) is 5.36. The lowest BCUT2D eigenvalue weighted by Gasteiger charge is -2.23. The van der Waals surface area contributed by atoms with Gasteiger partial charge in [-0.2, -0.15) is 0 Å². The fourth-order valence-corrected chi connectivity index (χ4v) is 5.36. The maximum Gasteiger partial charge on any atom is 0.193 e.